The molecule has 6 nitrogen and oxygen atoms in total. The van der Waals surface area contributed by atoms with Gasteiger partial charge in [0.1, 0.15) is 0 Å². The summed E-state index contributed by atoms with van der Waals surface area (Å²) in [7, 11) is -3.53. The Morgan fingerprint density at radius 2 is 2.21 bits per heavy atom. The molecule has 1 aliphatic rings. The lowest BCUT2D eigenvalue weighted by Crippen LogP contribution is -2.31. The van der Waals surface area contributed by atoms with Crippen LogP contribution in [0.2, 0.25) is 5.02 Å². The second-order valence-corrected chi connectivity index (χ2v) is 8.25. The van der Waals surface area contributed by atoms with E-state index in [2.05, 4.69) is 4.98 Å². The molecule has 1 aromatic carbocycles. The van der Waals surface area contributed by atoms with Crippen LogP contribution in [0.3, 0.4) is 0 Å². The molecule has 0 spiro atoms. The zero-order valence-electron chi connectivity index (χ0n) is 13.2. The van der Waals surface area contributed by atoms with Crippen LogP contribution in [0, 0.1) is 12.8 Å². The molecule has 128 valence electrons. The molecule has 3 rings (SSSR count). The molecule has 24 heavy (non-hydrogen) atoms. The van der Waals surface area contributed by atoms with Gasteiger partial charge in [0.15, 0.2) is 0 Å². The first-order chi connectivity index (χ1) is 11.2. The summed E-state index contributed by atoms with van der Waals surface area (Å²) in [5.74, 6) is -0.356. The van der Waals surface area contributed by atoms with E-state index >= 15 is 0 Å². The van der Waals surface area contributed by atoms with Crippen molar-refractivity contribution in [2.75, 3.05) is 18.8 Å². The Kier molecular flexibility index (Phi) is 4.50. The van der Waals surface area contributed by atoms with E-state index in [0.29, 0.717) is 46.7 Å². The smallest absolute Gasteiger partial charge is 0.254 e. The topological polar surface area (TPSA) is 93.4 Å². The number of benzene rings is 1. The summed E-state index contributed by atoms with van der Waals surface area (Å²) in [5, 5.41) is 6.31. The van der Waals surface area contributed by atoms with E-state index in [1.54, 1.807) is 23.1 Å². The van der Waals surface area contributed by atoms with Crippen molar-refractivity contribution in [2.24, 2.45) is 11.1 Å². The zero-order valence-corrected chi connectivity index (χ0v) is 14.8. The lowest BCUT2D eigenvalue weighted by Gasteiger charge is -2.18. The molecule has 2 heterocycles. The maximum atomic E-state index is 12.9. The fraction of sp³-hybridized carbons (Fsp3) is 0.375. The van der Waals surface area contributed by atoms with Gasteiger partial charge in [0.05, 0.1) is 21.9 Å². The van der Waals surface area contributed by atoms with Crippen molar-refractivity contribution in [2.45, 2.75) is 13.3 Å². The number of hydrogen-bond donors (Lipinski definition) is 1. The third-order valence-corrected chi connectivity index (χ3v) is 5.43. The lowest BCUT2D eigenvalue weighted by atomic mass is 10.1. The van der Waals surface area contributed by atoms with E-state index in [4.69, 9.17) is 16.7 Å². The number of likely N-dealkylation sites (tertiary alicyclic amines) is 1. The van der Waals surface area contributed by atoms with Crippen LogP contribution in [-0.4, -0.2) is 43.1 Å². The summed E-state index contributed by atoms with van der Waals surface area (Å²) in [6.07, 6.45) is 0.630. The molecule has 0 bridgehead atoms. The Balaban J connectivity index is 1.91. The number of carbonyl (C=O) groups is 1. The number of primary sulfonamides is 1. The van der Waals surface area contributed by atoms with E-state index in [1.165, 1.54) is 0 Å². The molecule has 1 saturated heterocycles. The number of aryl methyl sites for hydroxylation is 1. The summed E-state index contributed by atoms with van der Waals surface area (Å²) >= 11 is 6.19. The van der Waals surface area contributed by atoms with Gasteiger partial charge in [-0.15, -0.1) is 0 Å². The van der Waals surface area contributed by atoms with Crippen LogP contribution in [0.5, 0.6) is 0 Å². The van der Waals surface area contributed by atoms with Crippen molar-refractivity contribution in [3.05, 3.63) is 40.5 Å². The number of nitrogens with two attached hydrogens (primary N) is 1. The monoisotopic (exact) mass is 367 g/mol. The number of para-hydroxylation sites is 1. The Hall–Kier alpha value is -1.70. The second-order valence-electron chi connectivity index (χ2n) is 6.18. The van der Waals surface area contributed by atoms with Gasteiger partial charge in [0.2, 0.25) is 10.0 Å². The largest absolute Gasteiger partial charge is 0.338 e. The van der Waals surface area contributed by atoms with Gasteiger partial charge in [-0.25, -0.2) is 13.6 Å². The van der Waals surface area contributed by atoms with Gasteiger partial charge < -0.3 is 4.90 Å². The number of rotatable bonds is 3. The highest BCUT2D eigenvalue weighted by Gasteiger charge is 2.30. The molecule has 1 fully saturated rings. The maximum absolute atomic E-state index is 12.9. The van der Waals surface area contributed by atoms with Crippen LogP contribution in [-0.2, 0) is 10.0 Å². The first kappa shape index (κ1) is 17.1. The Bertz CT molecular complexity index is 914. The fourth-order valence-corrected chi connectivity index (χ4v) is 4.32. The normalized spacial score (nSPS) is 18.3. The van der Waals surface area contributed by atoms with Crippen LogP contribution in [0.15, 0.2) is 24.3 Å². The highest BCUT2D eigenvalue weighted by molar-refractivity contribution is 7.89. The highest BCUT2D eigenvalue weighted by atomic mass is 35.5. The molecule has 2 aromatic rings. The van der Waals surface area contributed by atoms with Crippen molar-refractivity contribution < 1.29 is 13.2 Å². The molecular formula is C16H18ClN3O3S. The van der Waals surface area contributed by atoms with Crippen molar-refractivity contribution in [1.29, 1.82) is 0 Å². The van der Waals surface area contributed by atoms with Crippen LogP contribution in [0.25, 0.3) is 10.9 Å². The molecule has 2 N–H and O–H groups in total. The second kappa shape index (κ2) is 6.31. The summed E-state index contributed by atoms with van der Waals surface area (Å²) in [4.78, 5) is 19.0. The number of sulfonamides is 1. The van der Waals surface area contributed by atoms with E-state index in [1.807, 2.05) is 13.0 Å². The summed E-state index contributed by atoms with van der Waals surface area (Å²) in [6, 6.07) is 7.08. The van der Waals surface area contributed by atoms with Crippen LogP contribution >= 0.6 is 11.6 Å². The Labute approximate surface area is 145 Å². The minimum atomic E-state index is -3.53. The average Bonchev–Trinajstić information content (AvgIpc) is 2.93. The van der Waals surface area contributed by atoms with Crippen LogP contribution < -0.4 is 5.14 Å². The van der Waals surface area contributed by atoms with Gasteiger partial charge in [-0.3, -0.25) is 9.78 Å². The molecule has 1 aliphatic heterocycles. The van der Waals surface area contributed by atoms with Gasteiger partial charge in [-0.1, -0.05) is 23.7 Å². The van der Waals surface area contributed by atoms with E-state index < -0.39 is 10.0 Å². The number of fused-ring (bicyclic) bond motifs is 1. The van der Waals surface area contributed by atoms with Crippen molar-refractivity contribution >= 4 is 38.4 Å². The molecule has 0 radical (unpaired) electrons. The Morgan fingerprint density at radius 3 is 2.92 bits per heavy atom. The molecule has 1 amide bonds. The fourth-order valence-electron chi connectivity index (χ4n) is 3.17. The first-order valence-electron chi connectivity index (χ1n) is 7.60. The summed E-state index contributed by atoms with van der Waals surface area (Å²) in [6.45, 7) is 2.72. The molecule has 8 heteroatoms. The predicted octanol–water partition coefficient (Wildman–Crippen LogP) is 1.95. The number of aromatic nitrogens is 1. The van der Waals surface area contributed by atoms with Gasteiger partial charge in [-0.2, -0.15) is 0 Å². The lowest BCUT2D eigenvalue weighted by molar-refractivity contribution is 0.0790. The quantitative estimate of drug-likeness (QED) is 0.897. The summed E-state index contributed by atoms with van der Waals surface area (Å²) < 4.78 is 22.5. The molecule has 1 unspecified atom stereocenters. The number of nitrogens with zero attached hydrogens (tertiary/aromatic N) is 2. The minimum absolute atomic E-state index is 0.0985. The number of carbonyl (C=O) groups excluding carboxylic acids is 1. The van der Waals surface area contributed by atoms with E-state index in [-0.39, 0.29) is 17.6 Å². The average molecular weight is 368 g/mol. The van der Waals surface area contributed by atoms with Crippen molar-refractivity contribution in [3.8, 4) is 0 Å². The number of pyridine rings is 1. The van der Waals surface area contributed by atoms with E-state index in [0.717, 1.165) is 0 Å². The molecule has 1 atom stereocenters. The van der Waals surface area contributed by atoms with Crippen LogP contribution in [0.4, 0.5) is 0 Å². The Morgan fingerprint density at radius 1 is 1.46 bits per heavy atom. The van der Waals surface area contributed by atoms with Crippen molar-refractivity contribution in [1.82, 2.24) is 9.88 Å². The number of amides is 1. The molecule has 0 aliphatic carbocycles. The van der Waals surface area contributed by atoms with Gasteiger partial charge in [0, 0.05) is 24.2 Å². The van der Waals surface area contributed by atoms with Gasteiger partial charge >= 0.3 is 0 Å². The van der Waals surface area contributed by atoms with Gasteiger partial charge in [0.25, 0.3) is 5.91 Å². The van der Waals surface area contributed by atoms with Crippen LogP contribution in [0.1, 0.15) is 22.5 Å². The third kappa shape index (κ3) is 3.53. The third-order valence-electron chi connectivity index (χ3n) is 4.19. The first-order valence-corrected chi connectivity index (χ1v) is 9.69. The number of hydrogen-bond acceptors (Lipinski definition) is 4. The highest BCUT2D eigenvalue weighted by Crippen LogP contribution is 2.27. The molecule has 1 aromatic heterocycles. The number of halogens is 1. The SMILES string of the molecule is Cc1cc(C(=O)N2CCC(CS(N)(=O)=O)C2)c2cccc(Cl)c2n1. The van der Waals surface area contributed by atoms with E-state index in [9.17, 15) is 13.2 Å². The summed E-state index contributed by atoms with van der Waals surface area (Å²) in [5.41, 5.74) is 1.85. The minimum Gasteiger partial charge on any atom is -0.338 e. The molecular weight excluding hydrogens is 350 g/mol. The van der Waals surface area contributed by atoms with Crippen molar-refractivity contribution in [3.63, 3.8) is 0 Å². The maximum Gasteiger partial charge on any atom is 0.254 e. The predicted molar refractivity (Wildman–Crippen MR) is 93.5 cm³/mol. The van der Waals surface area contributed by atoms with Gasteiger partial charge in [-0.05, 0) is 31.4 Å². The standard InChI is InChI=1S/C16H18ClN3O3S/c1-10-7-13(12-3-2-4-14(17)15(12)19-10)16(21)20-6-5-11(8-20)9-24(18,22)23/h2-4,7,11H,5-6,8-9H2,1H3,(H2,18,22,23). The molecule has 0 saturated carbocycles. The zero-order chi connectivity index (χ0) is 17.5.